The lowest BCUT2D eigenvalue weighted by molar-refractivity contribution is 0.439. The molecule has 0 amide bonds. The Bertz CT molecular complexity index is 496. The van der Waals surface area contributed by atoms with Gasteiger partial charge in [0.15, 0.2) is 0 Å². The van der Waals surface area contributed by atoms with Crippen LogP contribution < -0.4 is 10.5 Å². The molecule has 1 aliphatic carbocycles. The molecular formula is C13H20N2O2S. The van der Waals surface area contributed by atoms with Gasteiger partial charge < -0.3 is 5.32 Å². The van der Waals surface area contributed by atoms with Gasteiger partial charge in [-0.25, -0.2) is 13.6 Å². The Labute approximate surface area is 109 Å². The molecule has 1 aromatic carbocycles. The summed E-state index contributed by atoms with van der Waals surface area (Å²) in [6.45, 7) is 3.25. The normalized spacial score (nSPS) is 24.1. The van der Waals surface area contributed by atoms with Gasteiger partial charge in [0.1, 0.15) is 0 Å². The average Bonchev–Trinajstić information content (AvgIpc) is 2.72. The first-order valence-electron chi connectivity index (χ1n) is 6.33. The minimum absolute atomic E-state index is 0.155. The molecule has 100 valence electrons. The second kappa shape index (κ2) is 5.28. The van der Waals surface area contributed by atoms with Crippen LogP contribution in [0.2, 0.25) is 0 Å². The van der Waals surface area contributed by atoms with Crippen molar-refractivity contribution in [3.8, 4) is 0 Å². The van der Waals surface area contributed by atoms with E-state index < -0.39 is 10.0 Å². The molecule has 0 bridgehead atoms. The fraction of sp³-hybridized carbons (Fsp3) is 0.538. The maximum absolute atomic E-state index is 11.1. The van der Waals surface area contributed by atoms with Gasteiger partial charge in [-0.05, 0) is 42.5 Å². The molecule has 0 heterocycles. The van der Waals surface area contributed by atoms with E-state index in [1.54, 1.807) is 12.1 Å². The van der Waals surface area contributed by atoms with Crippen LogP contribution in [0.4, 0.5) is 5.69 Å². The molecule has 1 aromatic rings. The van der Waals surface area contributed by atoms with Gasteiger partial charge in [0.25, 0.3) is 0 Å². The van der Waals surface area contributed by atoms with E-state index in [1.807, 2.05) is 0 Å². The molecule has 2 unspecified atom stereocenters. The van der Waals surface area contributed by atoms with Crippen molar-refractivity contribution < 1.29 is 8.42 Å². The van der Waals surface area contributed by atoms with Crippen LogP contribution in [-0.4, -0.2) is 15.0 Å². The maximum atomic E-state index is 11.1. The molecule has 1 fully saturated rings. The van der Waals surface area contributed by atoms with E-state index in [0.29, 0.717) is 0 Å². The van der Waals surface area contributed by atoms with E-state index in [9.17, 15) is 8.42 Å². The average molecular weight is 268 g/mol. The standard InChI is InChI=1S/C13H20N2O2S/c1-10-3-2-4-11(10)9-15-12-5-7-13(8-6-12)18(14,16)17/h5-8,10-11,15H,2-4,9H2,1H3,(H2,14,16,17). The topological polar surface area (TPSA) is 72.2 Å². The summed E-state index contributed by atoms with van der Waals surface area (Å²) in [5, 5.41) is 8.41. The van der Waals surface area contributed by atoms with Crippen molar-refractivity contribution in [2.45, 2.75) is 31.1 Å². The zero-order chi connectivity index (χ0) is 13.2. The molecule has 0 aliphatic heterocycles. The summed E-state index contributed by atoms with van der Waals surface area (Å²) in [4.78, 5) is 0.155. The third-order valence-electron chi connectivity index (χ3n) is 3.79. The largest absolute Gasteiger partial charge is 0.385 e. The number of nitrogens with two attached hydrogens (primary N) is 1. The van der Waals surface area contributed by atoms with Crippen molar-refractivity contribution in [1.82, 2.24) is 0 Å². The zero-order valence-electron chi connectivity index (χ0n) is 10.6. The van der Waals surface area contributed by atoms with E-state index in [2.05, 4.69) is 12.2 Å². The van der Waals surface area contributed by atoms with Gasteiger partial charge in [0.2, 0.25) is 10.0 Å². The first-order valence-corrected chi connectivity index (χ1v) is 7.88. The molecule has 0 radical (unpaired) electrons. The zero-order valence-corrected chi connectivity index (χ0v) is 11.4. The predicted molar refractivity (Wildman–Crippen MR) is 72.8 cm³/mol. The highest BCUT2D eigenvalue weighted by Gasteiger charge is 2.22. The second-order valence-corrected chi connectivity index (χ2v) is 6.68. The minimum atomic E-state index is -3.59. The number of benzene rings is 1. The third kappa shape index (κ3) is 3.23. The lowest BCUT2D eigenvalue weighted by Gasteiger charge is -2.16. The summed E-state index contributed by atoms with van der Waals surface area (Å²) in [5.74, 6) is 1.50. The molecule has 3 N–H and O–H groups in total. The minimum Gasteiger partial charge on any atom is -0.385 e. The Kier molecular flexibility index (Phi) is 3.92. The molecule has 2 rings (SSSR count). The first kappa shape index (κ1) is 13.4. The smallest absolute Gasteiger partial charge is 0.238 e. The fourth-order valence-electron chi connectivity index (χ4n) is 2.54. The Morgan fingerprint density at radius 1 is 1.28 bits per heavy atom. The van der Waals surface area contributed by atoms with Gasteiger partial charge in [-0.2, -0.15) is 0 Å². The molecular weight excluding hydrogens is 248 g/mol. The highest BCUT2D eigenvalue weighted by atomic mass is 32.2. The number of sulfonamides is 1. The summed E-state index contributed by atoms with van der Waals surface area (Å²) >= 11 is 0. The van der Waals surface area contributed by atoms with Gasteiger partial charge >= 0.3 is 0 Å². The van der Waals surface area contributed by atoms with Crippen molar-refractivity contribution in [2.24, 2.45) is 17.0 Å². The Hall–Kier alpha value is -1.07. The van der Waals surface area contributed by atoms with Crippen molar-refractivity contribution in [3.05, 3.63) is 24.3 Å². The number of primary sulfonamides is 1. The van der Waals surface area contributed by atoms with Crippen molar-refractivity contribution in [3.63, 3.8) is 0 Å². The van der Waals surface area contributed by atoms with Crippen molar-refractivity contribution >= 4 is 15.7 Å². The van der Waals surface area contributed by atoms with E-state index in [1.165, 1.54) is 31.4 Å². The van der Waals surface area contributed by atoms with Crippen LogP contribution in [0.3, 0.4) is 0 Å². The second-order valence-electron chi connectivity index (χ2n) is 5.12. The molecule has 1 saturated carbocycles. The van der Waals surface area contributed by atoms with Crippen LogP contribution in [0.1, 0.15) is 26.2 Å². The number of rotatable bonds is 4. The number of anilines is 1. The molecule has 2 atom stereocenters. The summed E-state index contributed by atoms with van der Waals surface area (Å²) in [5.41, 5.74) is 0.946. The first-order chi connectivity index (χ1) is 8.47. The van der Waals surface area contributed by atoms with Gasteiger partial charge in [0, 0.05) is 12.2 Å². The molecule has 0 saturated heterocycles. The van der Waals surface area contributed by atoms with Crippen LogP contribution in [0, 0.1) is 11.8 Å². The lowest BCUT2D eigenvalue weighted by atomic mass is 9.98. The van der Waals surface area contributed by atoms with Crippen molar-refractivity contribution in [2.75, 3.05) is 11.9 Å². The molecule has 5 heteroatoms. The Balaban J connectivity index is 1.94. The summed E-state index contributed by atoms with van der Waals surface area (Å²) < 4.78 is 22.2. The molecule has 18 heavy (non-hydrogen) atoms. The number of hydrogen-bond acceptors (Lipinski definition) is 3. The Morgan fingerprint density at radius 2 is 1.94 bits per heavy atom. The van der Waals surface area contributed by atoms with E-state index >= 15 is 0 Å². The SMILES string of the molecule is CC1CCCC1CNc1ccc(S(N)(=O)=O)cc1. The van der Waals surface area contributed by atoms with Gasteiger partial charge in [-0.3, -0.25) is 0 Å². The van der Waals surface area contributed by atoms with E-state index in [-0.39, 0.29) is 4.90 Å². The highest BCUT2D eigenvalue weighted by molar-refractivity contribution is 7.89. The maximum Gasteiger partial charge on any atom is 0.238 e. The lowest BCUT2D eigenvalue weighted by Crippen LogP contribution is -2.16. The van der Waals surface area contributed by atoms with Gasteiger partial charge in [-0.15, -0.1) is 0 Å². The van der Waals surface area contributed by atoms with Crippen LogP contribution in [-0.2, 0) is 10.0 Å². The van der Waals surface area contributed by atoms with E-state index in [0.717, 1.165) is 24.1 Å². The van der Waals surface area contributed by atoms with Crippen LogP contribution in [0.15, 0.2) is 29.2 Å². The van der Waals surface area contributed by atoms with Crippen LogP contribution in [0.25, 0.3) is 0 Å². The van der Waals surface area contributed by atoms with Crippen LogP contribution in [0.5, 0.6) is 0 Å². The summed E-state index contributed by atoms with van der Waals surface area (Å²) in [6, 6.07) is 6.60. The molecule has 0 aromatic heterocycles. The quantitative estimate of drug-likeness (QED) is 0.879. The highest BCUT2D eigenvalue weighted by Crippen LogP contribution is 2.31. The third-order valence-corrected chi connectivity index (χ3v) is 4.72. The fourth-order valence-corrected chi connectivity index (χ4v) is 3.05. The molecule has 4 nitrogen and oxygen atoms in total. The number of nitrogens with one attached hydrogen (secondary N) is 1. The monoisotopic (exact) mass is 268 g/mol. The molecule has 0 spiro atoms. The number of hydrogen-bond donors (Lipinski definition) is 2. The van der Waals surface area contributed by atoms with Gasteiger partial charge in [0.05, 0.1) is 4.90 Å². The van der Waals surface area contributed by atoms with E-state index in [4.69, 9.17) is 5.14 Å². The summed E-state index contributed by atoms with van der Waals surface area (Å²) in [7, 11) is -3.59. The Morgan fingerprint density at radius 3 is 2.44 bits per heavy atom. The van der Waals surface area contributed by atoms with Crippen molar-refractivity contribution in [1.29, 1.82) is 0 Å². The van der Waals surface area contributed by atoms with Gasteiger partial charge in [-0.1, -0.05) is 19.8 Å². The molecule has 1 aliphatic rings. The van der Waals surface area contributed by atoms with Crippen LogP contribution >= 0.6 is 0 Å². The summed E-state index contributed by atoms with van der Waals surface area (Å²) in [6.07, 6.45) is 3.91. The predicted octanol–water partition coefficient (Wildman–Crippen LogP) is 2.18.